The van der Waals surface area contributed by atoms with Gasteiger partial charge in [-0.15, -0.1) is 0 Å². The summed E-state index contributed by atoms with van der Waals surface area (Å²) in [6, 6.07) is 19.0. The fourth-order valence-corrected chi connectivity index (χ4v) is 2.65. The number of anilines is 1. The van der Waals surface area contributed by atoms with Crippen molar-refractivity contribution in [3.8, 4) is 11.5 Å². The molecule has 0 heterocycles. The Kier molecular flexibility index (Phi) is 6.39. The number of hydrogen-bond acceptors (Lipinski definition) is 6. The van der Waals surface area contributed by atoms with Crippen LogP contribution in [0.25, 0.3) is 0 Å². The van der Waals surface area contributed by atoms with Crippen LogP contribution in [0.1, 0.15) is 20.7 Å². The van der Waals surface area contributed by atoms with E-state index in [0.29, 0.717) is 16.8 Å². The molecule has 3 aromatic rings. The average molecular weight is 406 g/mol. The highest BCUT2D eigenvalue weighted by Crippen LogP contribution is 2.31. The van der Waals surface area contributed by atoms with Gasteiger partial charge in [0.2, 0.25) is 0 Å². The first-order valence-electron chi connectivity index (χ1n) is 8.93. The molecule has 3 rings (SSSR count). The number of nitro benzene ring substituents is 1. The number of benzene rings is 3. The van der Waals surface area contributed by atoms with Crippen molar-refractivity contribution < 1.29 is 24.0 Å². The van der Waals surface area contributed by atoms with Gasteiger partial charge in [0.05, 0.1) is 18.1 Å². The number of non-ortho nitro benzene ring substituents is 1. The van der Waals surface area contributed by atoms with Gasteiger partial charge in [-0.3, -0.25) is 19.7 Å². The first kappa shape index (κ1) is 20.5. The Hall–Kier alpha value is -4.20. The van der Waals surface area contributed by atoms with Crippen LogP contribution in [0.15, 0.2) is 72.8 Å². The maximum atomic E-state index is 12.4. The largest absolute Gasteiger partial charge is 0.493 e. The lowest BCUT2D eigenvalue weighted by atomic mass is 10.1. The number of methoxy groups -OCH3 is 1. The van der Waals surface area contributed by atoms with E-state index >= 15 is 0 Å². The standard InChI is InChI=1S/C22H18N2O6/c1-29-20-12-11-18(24(27)28)13-21(20)30-14-19(25)15-7-9-17(10-8-15)23-22(26)16-5-3-2-4-6-16/h2-13H,14H2,1H3,(H,23,26). The van der Waals surface area contributed by atoms with Crippen molar-refractivity contribution in [1.29, 1.82) is 0 Å². The Morgan fingerprint density at radius 3 is 2.27 bits per heavy atom. The molecule has 0 bridgehead atoms. The molecular weight excluding hydrogens is 388 g/mol. The molecule has 0 atom stereocenters. The maximum Gasteiger partial charge on any atom is 0.273 e. The van der Waals surface area contributed by atoms with Crippen molar-refractivity contribution in [3.63, 3.8) is 0 Å². The third-order valence-corrected chi connectivity index (χ3v) is 4.22. The first-order valence-corrected chi connectivity index (χ1v) is 8.93. The summed E-state index contributed by atoms with van der Waals surface area (Å²) in [6.07, 6.45) is 0. The summed E-state index contributed by atoms with van der Waals surface area (Å²) in [6.45, 7) is -0.326. The topological polar surface area (TPSA) is 108 Å². The summed E-state index contributed by atoms with van der Waals surface area (Å²) in [7, 11) is 1.40. The summed E-state index contributed by atoms with van der Waals surface area (Å²) in [5.74, 6) is -0.195. The van der Waals surface area contributed by atoms with Gasteiger partial charge in [-0.1, -0.05) is 18.2 Å². The lowest BCUT2D eigenvalue weighted by Gasteiger charge is -2.10. The van der Waals surface area contributed by atoms with Crippen LogP contribution in [0.4, 0.5) is 11.4 Å². The molecule has 0 aromatic heterocycles. The Labute approximate surface area is 172 Å². The van der Waals surface area contributed by atoms with Crippen molar-refractivity contribution >= 4 is 23.1 Å². The Balaban J connectivity index is 1.63. The smallest absolute Gasteiger partial charge is 0.273 e. The molecule has 3 aromatic carbocycles. The van der Waals surface area contributed by atoms with Crippen molar-refractivity contribution in [2.75, 3.05) is 19.0 Å². The minimum absolute atomic E-state index is 0.104. The highest BCUT2D eigenvalue weighted by atomic mass is 16.6. The highest BCUT2D eigenvalue weighted by molar-refractivity contribution is 6.04. The SMILES string of the molecule is COc1ccc([N+](=O)[O-])cc1OCC(=O)c1ccc(NC(=O)c2ccccc2)cc1. The van der Waals surface area contributed by atoms with E-state index < -0.39 is 4.92 Å². The van der Waals surface area contributed by atoms with Crippen LogP contribution in [0.5, 0.6) is 11.5 Å². The molecule has 0 fully saturated rings. The maximum absolute atomic E-state index is 12.4. The molecule has 0 aliphatic carbocycles. The number of Topliss-reactive ketones (excluding diaryl/α,β-unsaturated/α-hetero) is 1. The molecule has 0 aliphatic heterocycles. The zero-order chi connectivity index (χ0) is 21.5. The average Bonchev–Trinajstić information content (AvgIpc) is 2.78. The van der Waals surface area contributed by atoms with Crippen molar-refractivity contribution in [3.05, 3.63) is 94.0 Å². The summed E-state index contributed by atoms with van der Waals surface area (Å²) in [4.78, 5) is 34.9. The second kappa shape index (κ2) is 9.33. The monoisotopic (exact) mass is 406 g/mol. The van der Waals surface area contributed by atoms with Gasteiger partial charge < -0.3 is 14.8 Å². The van der Waals surface area contributed by atoms with Gasteiger partial charge in [-0.2, -0.15) is 0 Å². The van der Waals surface area contributed by atoms with E-state index in [0.717, 1.165) is 0 Å². The lowest BCUT2D eigenvalue weighted by Crippen LogP contribution is -2.13. The fraction of sp³-hybridized carbons (Fsp3) is 0.0909. The predicted octanol–water partition coefficient (Wildman–Crippen LogP) is 4.12. The molecule has 8 heteroatoms. The Morgan fingerprint density at radius 1 is 0.933 bits per heavy atom. The van der Waals surface area contributed by atoms with Crippen LogP contribution in [0.3, 0.4) is 0 Å². The van der Waals surface area contributed by atoms with E-state index in [1.807, 2.05) is 6.07 Å². The van der Waals surface area contributed by atoms with Gasteiger partial charge in [-0.05, 0) is 42.5 Å². The number of ketones is 1. The number of nitrogens with one attached hydrogen (secondary N) is 1. The molecule has 152 valence electrons. The van der Waals surface area contributed by atoms with Crippen LogP contribution in [0.2, 0.25) is 0 Å². The molecule has 1 N–H and O–H groups in total. The number of carbonyl (C=O) groups is 2. The molecule has 0 saturated heterocycles. The Bertz CT molecular complexity index is 1060. The zero-order valence-electron chi connectivity index (χ0n) is 16.0. The molecule has 30 heavy (non-hydrogen) atoms. The van der Waals surface area contributed by atoms with Gasteiger partial charge in [0.25, 0.3) is 11.6 Å². The number of hydrogen-bond donors (Lipinski definition) is 1. The van der Waals surface area contributed by atoms with Crippen molar-refractivity contribution in [2.45, 2.75) is 0 Å². The van der Waals surface area contributed by atoms with E-state index in [2.05, 4.69) is 5.32 Å². The number of rotatable bonds is 8. The molecule has 0 aliphatic rings. The molecule has 0 saturated carbocycles. The summed E-state index contributed by atoms with van der Waals surface area (Å²) in [5.41, 5.74) is 1.27. The number of nitro groups is 1. The van der Waals surface area contributed by atoms with Crippen LogP contribution >= 0.6 is 0 Å². The number of ether oxygens (including phenoxy) is 2. The lowest BCUT2D eigenvalue weighted by molar-refractivity contribution is -0.385. The summed E-state index contributed by atoms with van der Waals surface area (Å²) < 4.78 is 10.5. The van der Waals surface area contributed by atoms with Gasteiger partial charge >= 0.3 is 0 Å². The number of amides is 1. The predicted molar refractivity (Wildman–Crippen MR) is 110 cm³/mol. The van der Waals surface area contributed by atoms with Crippen LogP contribution in [-0.4, -0.2) is 30.3 Å². The van der Waals surface area contributed by atoms with E-state index in [9.17, 15) is 19.7 Å². The quantitative estimate of drug-likeness (QED) is 0.343. The third-order valence-electron chi connectivity index (χ3n) is 4.22. The molecule has 0 unspecified atom stereocenters. The van der Waals surface area contributed by atoms with Crippen LogP contribution < -0.4 is 14.8 Å². The number of carbonyl (C=O) groups excluding carboxylic acids is 2. The molecule has 1 amide bonds. The van der Waals surface area contributed by atoms with Crippen LogP contribution in [-0.2, 0) is 0 Å². The van der Waals surface area contributed by atoms with Crippen molar-refractivity contribution in [2.24, 2.45) is 0 Å². The molecule has 0 radical (unpaired) electrons. The van der Waals surface area contributed by atoms with E-state index in [1.165, 1.54) is 25.3 Å². The van der Waals surface area contributed by atoms with Crippen LogP contribution in [0, 0.1) is 10.1 Å². The third kappa shape index (κ3) is 4.99. The number of nitrogens with zero attached hydrogens (tertiary/aromatic N) is 1. The minimum atomic E-state index is -0.559. The second-order valence-electron chi connectivity index (χ2n) is 6.20. The van der Waals surface area contributed by atoms with E-state index in [1.54, 1.807) is 48.5 Å². The van der Waals surface area contributed by atoms with Gasteiger partial charge in [0, 0.05) is 22.9 Å². The summed E-state index contributed by atoms with van der Waals surface area (Å²) >= 11 is 0. The first-order chi connectivity index (χ1) is 14.5. The van der Waals surface area contributed by atoms with Gasteiger partial charge in [0.15, 0.2) is 23.9 Å². The fourth-order valence-electron chi connectivity index (χ4n) is 2.65. The molecule has 0 spiro atoms. The molecule has 8 nitrogen and oxygen atoms in total. The Morgan fingerprint density at radius 2 is 1.63 bits per heavy atom. The second-order valence-corrected chi connectivity index (χ2v) is 6.20. The zero-order valence-corrected chi connectivity index (χ0v) is 16.0. The van der Waals surface area contributed by atoms with Gasteiger partial charge in [-0.25, -0.2) is 0 Å². The molecular formula is C22H18N2O6. The van der Waals surface area contributed by atoms with Crippen molar-refractivity contribution in [1.82, 2.24) is 0 Å². The van der Waals surface area contributed by atoms with E-state index in [-0.39, 0.29) is 35.5 Å². The van der Waals surface area contributed by atoms with E-state index in [4.69, 9.17) is 9.47 Å². The summed E-state index contributed by atoms with van der Waals surface area (Å²) in [5, 5.41) is 13.7. The minimum Gasteiger partial charge on any atom is -0.493 e. The normalized spacial score (nSPS) is 10.2. The highest BCUT2D eigenvalue weighted by Gasteiger charge is 2.15. The van der Waals surface area contributed by atoms with Gasteiger partial charge in [0.1, 0.15) is 0 Å².